The highest BCUT2D eigenvalue weighted by Gasteiger charge is 2.36. The summed E-state index contributed by atoms with van der Waals surface area (Å²) in [5.74, 6) is -0.607. The van der Waals surface area contributed by atoms with Crippen LogP contribution in [-0.2, 0) is 11.0 Å². The third-order valence-corrected chi connectivity index (χ3v) is 3.33. The molecule has 4 nitrogen and oxygen atoms in total. The van der Waals surface area contributed by atoms with Gasteiger partial charge in [-0.15, -0.1) is 0 Å². The summed E-state index contributed by atoms with van der Waals surface area (Å²) in [6.45, 7) is -0.720. The van der Waals surface area contributed by atoms with Crippen molar-refractivity contribution in [2.45, 2.75) is 24.7 Å². The lowest BCUT2D eigenvalue weighted by Gasteiger charge is -2.24. The standard InChI is InChI=1S/C13H14F3NO3/c14-13(15,16)9-3-1-2-8(4-9)11-5-10(19)6-17(11)12(20)7-18/h1-4,10-11,18-19H,5-7H2. The first-order valence-corrected chi connectivity index (χ1v) is 6.08. The molecule has 2 N–H and O–H groups in total. The van der Waals surface area contributed by atoms with Crippen molar-refractivity contribution < 1.29 is 28.2 Å². The molecule has 0 saturated carbocycles. The van der Waals surface area contributed by atoms with Crippen LogP contribution >= 0.6 is 0 Å². The zero-order chi connectivity index (χ0) is 14.9. The molecule has 2 atom stereocenters. The van der Waals surface area contributed by atoms with Crippen LogP contribution < -0.4 is 0 Å². The van der Waals surface area contributed by atoms with Gasteiger partial charge in [0.2, 0.25) is 5.91 Å². The van der Waals surface area contributed by atoms with Crippen molar-refractivity contribution in [3.8, 4) is 0 Å². The number of aliphatic hydroxyl groups is 2. The van der Waals surface area contributed by atoms with Gasteiger partial charge in [0.25, 0.3) is 0 Å². The molecule has 0 spiro atoms. The number of benzene rings is 1. The highest BCUT2D eigenvalue weighted by Crippen LogP contribution is 2.36. The van der Waals surface area contributed by atoms with Crippen molar-refractivity contribution in [2.24, 2.45) is 0 Å². The van der Waals surface area contributed by atoms with Gasteiger partial charge in [-0.05, 0) is 24.1 Å². The van der Waals surface area contributed by atoms with E-state index in [0.29, 0.717) is 5.56 Å². The smallest absolute Gasteiger partial charge is 0.391 e. The zero-order valence-corrected chi connectivity index (χ0v) is 10.5. The highest BCUT2D eigenvalue weighted by atomic mass is 19.4. The topological polar surface area (TPSA) is 60.8 Å². The lowest BCUT2D eigenvalue weighted by atomic mass is 10.0. The number of aliphatic hydroxyl groups excluding tert-OH is 2. The first-order chi connectivity index (χ1) is 9.32. The summed E-state index contributed by atoms with van der Waals surface area (Å²) in [6, 6.07) is 4.03. The maximum absolute atomic E-state index is 12.7. The van der Waals surface area contributed by atoms with E-state index in [1.807, 2.05) is 0 Å². The van der Waals surface area contributed by atoms with Gasteiger partial charge in [0, 0.05) is 6.54 Å². The number of likely N-dealkylation sites (tertiary alicyclic amines) is 1. The molecule has 0 radical (unpaired) electrons. The minimum Gasteiger partial charge on any atom is -0.391 e. The molecule has 0 aromatic heterocycles. The molecular weight excluding hydrogens is 275 g/mol. The van der Waals surface area contributed by atoms with Gasteiger partial charge >= 0.3 is 6.18 Å². The van der Waals surface area contributed by atoms with Gasteiger partial charge < -0.3 is 15.1 Å². The Hall–Kier alpha value is -1.60. The Labute approximate surface area is 113 Å². The van der Waals surface area contributed by atoms with Gasteiger partial charge in [0.15, 0.2) is 0 Å². The number of carbonyl (C=O) groups is 1. The van der Waals surface area contributed by atoms with E-state index >= 15 is 0 Å². The van der Waals surface area contributed by atoms with Gasteiger partial charge in [0.05, 0.1) is 17.7 Å². The summed E-state index contributed by atoms with van der Waals surface area (Å²) in [7, 11) is 0. The molecule has 7 heteroatoms. The summed E-state index contributed by atoms with van der Waals surface area (Å²) < 4.78 is 38.1. The molecule has 1 heterocycles. The molecule has 2 unspecified atom stereocenters. The second-order valence-corrected chi connectivity index (χ2v) is 4.73. The molecule has 1 saturated heterocycles. The van der Waals surface area contributed by atoms with E-state index in [1.54, 1.807) is 0 Å². The zero-order valence-electron chi connectivity index (χ0n) is 10.5. The third kappa shape index (κ3) is 2.94. The number of alkyl halides is 3. The average Bonchev–Trinajstić information content (AvgIpc) is 2.79. The number of hydrogen-bond acceptors (Lipinski definition) is 3. The van der Waals surface area contributed by atoms with Gasteiger partial charge in [0.1, 0.15) is 6.61 Å². The predicted molar refractivity (Wildman–Crippen MR) is 63.6 cm³/mol. The number of amides is 1. The Morgan fingerprint density at radius 3 is 2.70 bits per heavy atom. The molecule has 1 aliphatic heterocycles. The monoisotopic (exact) mass is 289 g/mol. The maximum atomic E-state index is 12.7. The summed E-state index contributed by atoms with van der Waals surface area (Å²) in [6.07, 6.45) is -5.10. The third-order valence-electron chi connectivity index (χ3n) is 3.33. The first kappa shape index (κ1) is 14.8. The Balaban J connectivity index is 2.32. The number of nitrogens with zero attached hydrogens (tertiary/aromatic N) is 1. The average molecular weight is 289 g/mol. The highest BCUT2D eigenvalue weighted by molar-refractivity contribution is 5.78. The van der Waals surface area contributed by atoms with Crippen LogP contribution in [0, 0.1) is 0 Å². The fourth-order valence-corrected chi connectivity index (χ4v) is 2.42. The van der Waals surface area contributed by atoms with Crippen LogP contribution in [0.5, 0.6) is 0 Å². The van der Waals surface area contributed by atoms with E-state index < -0.39 is 36.4 Å². The molecule has 20 heavy (non-hydrogen) atoms. The molecule has 110 valence electrons. The van der Waals surface area contributed by atoms with Crippen LogP contribution in [0.1, 0.15) is 23.6 Å². The summed E-state index contributed by atoms with van der Waals surface area (Å²) in [5.41, 5.74) is -0.494. The summed E-state index contributed by atoms with van der Waals surface area (Å²) in [4.78, 5) is 12.8. The molecule has 1 aromatic carbocycles. The molecule has 0 aliphatic carbocycles. The molecule has 1 aromatic rings. The lowest BCUT2D eigenvalue weighted by molar-refractivity contribution is -0.137. The summed E-state index contributed by atoms with van der Waals surface area (Å²) >= 11 is 0. The Morgan fingerprint density at radius 2 is 2.10 bits per heavy atom. The fraction of sp³-hybridized carbons (Fsp3) is 0.462. The normalized spacial score (nSPS) is 23.1. The second kappa shape index (κ2) is 5.41. The lowest BCUT2D eigenvalue weighted by Crippen LogP contribution is -2.33. The van der Waals surface area contributed by atoms with Crippen molar-refractivity contribution in [3.63, 3.8) is 0 Å². The van der Waals surface area contributed by atoms with Crippen LogP contribution in [0.2, 0.25) is 0 Å². The fourth-order valence-electron chi connectivity index (χ4n) is 2.42. The maximum Gasteiger partial charge on any atom is 0.416 e. The SMILES string of the molecule is O=C(CO)N1CC(O)CC1c1cccc(C(F)(F)F)c1. The van der Waals surface area contributed by atoms with Crippen molar-refractivity contribution in [3.05, 3.63) is 35.4 Å². The molecule has 0 bridgehead atoms. The van der Waals surface area contributed by atoms with Gasteiger partial charge in [-0.25, -0.2) is 0 Å². The number of rotatable bonds is 2. The second-order valence-electron chi connectivity index (χ2n) is 4.73. The van der Waals surface area contributed by atoms with Crippen molar-refractivity contribution in [1.29, 1.82) is 0 Å². The Bertz CT molecular complexity index is 504. The minimum atomic E-state index is -4.46. The van der Waals surface area contributed by atoms with Crippen molar-refractivity contribution >= 4 is 5.91 Å². The Morgan fingerprint density at radius 1 is 1.40 bits per heavy atom. The van der Waals surface area contributed by atoms with E-state index in [-0.39, 0.29) is 13.0 Å². The van der Waals surface area contributed by atoms with Crippen LogP contribution in [0.15, 0.2) is 24.3 Å². The van der Waals surface area contributed by atoms with E-state index in [9.17, 15) is 23.1 Å². The van der Waals surface area contributed by atoms with E-state index in [0.717, 1.165) is 12.1 Å². The van der Waals surface area contributed by atoms with Crippen LogP contribution in [0.4, 0.5) is 13.2 Å². The number of carbonyl (C=O) groups excluding carboxylic acids is 1. The molecule has 1 amide bonds. The quantitative estimate of drug-likeness (QED) is 0.863. The minimum absolute atomic E-state index is 0.0142. The van der Waals surface area contributed by atoms with Gasteiger partial charge in [-0.2, -0.15) is 13.2 Å². The van der Waals surface area contributed by atoms with Crippen molar-refractivity contribution in [1.82, 2.24) is 4.90 Å². The molecule has 1 aliphatic rings. The largest absolute Gasteiger partial charge is 0.416 e. The first-order valence-electron chi connectivity index (χ1n) is 6.08. The molecular formula is C13H14F3NO3. The molecule has 2 rings (SSSR count). The number of hydrogen-bond donors (Lipinski definition) is 2. The van der Waals surface area contributed by atoms with E-state index in [2.05, 4.69) is 0 Å². The van der Waals surface area contributed by atoms with E-state index in [4.69, 9.17) is 5.11 Å². The number of β-amino-alcohol motifs (C(OH)–C–C–N with tert-alkyl or cyclic N) is 1. The number of halogens is 3. The van der Waals surface area contributed by atoms with Crippen molar-refractivity contribution in [2.75, 3.05) is 13.2 Å². The molecule has 1 fully saturated rings. The Kier molecular flexibility index (Phi) is 4.01. The van der Waals surface area contributed by atoms with Crippen LogP contribution in [0.3, 0.4) is 0 Å². The summed E-state index contributed by atoms with van der Waals surface area (Å²) in [5, 5.41) is 18.5. The predicted octanol–water partition coefficient (Wildman–Crippen LogP) is 1.33. The van der Waals surface area contributed by atoms with E-state index in [1.165, 1.54) is 17.0 Å². The van der Waals surface area contributed by atoms with Gasteiger partial charge in [-0.3, -0.25) is 4.79 Å². The van der Waals surface area contributed by atoms with Gasteiger partial charge in [-0.1, -0.05) is 12.1 Å². The van der Waals surface area contributed by atoms with Crippen LogP contribution in [0.25, 0.3) is 0 Å². The van der Waals surface area contributed by atoms with Crippen LogP contribution in [-0.4, -0.2) is 40.3 Å².